The summed E-state index contributed by atoms with van der Waals surface area (Å²) in [6.45, 7) is 1.89. The molecule has 0 saturated carbocycles. The minimum Gasteiger partial charge on any atom is -0.337 e. The van der Waals surface area contributed by atoms with Crippen LogP contribution in [-0.2, 0) is 0 Å². The van der Waals surface area contributed by atoms with Crippen molar-refractivity contribution in [3.63, 3.8) is 0 Å². The molecule has 2 aromatic heterocycles. The molecule has 2 aromatic rings. The summed E-state index contributed by atoms with van der Waals surface area (Å²) in [5.74, 6) is 6.50. The van der Waals surface area contributed by atoms with Gasteiger partial charge in [0.15, 0.2) is 0 Å². The van der Waals surface area contributed by atoms with Gasteiger partial charge in [0.05, 0.1) is 0 Å². The molecule has 2 rings (SSSR count). The Kier molecular flexibility index (Phi) is 0.990. The van der Waals surface area contributed by atoms with E-state index in [2.05, 4.69) is 4.98 Å². The van der Waals surface area contributed by atoms with Gasteiger partial charge in [-0.15, -0.1) is 11.3 Å². The molecule has 0 aliphatic carbocycles. The van der Waals surface area contributed by atoms with E-state index in [1.807, 2.05) is 17.7 Å². The highest BCUT2D eigenvalue weighted by Crippen LogP contribution is 2.17. The molecule has 0 radical (unpaired) electrons. The molecule has 0 amide bonds. The second-order valence-electron chi connectivity index (χ2n) is 2.17. The molecule has 10 heavy (non-hydrogen) atoms. The maximum absolute atomic E-state index is 5.64. The summed E-state index contributed by atoms with van der Waals surface area (Å²) in [4.78, 5) is 4.22. The number of nitrogens with zero attached hydrogens (tertiary/aromatic N) is 2. The molecule has 0 atom stereocenters. The molecular weight excluding hydrogens is 146 g/mol. The molecule has 4 heteroatoms. The van der Waals surface area contributed by atoms with Crippen LogP contribution in [0.4, 0.5) is 0 Å². The summed E-state index contributed by atoms with van der Waals surface area (Å²) in [6.07, 6.45) is 0. The lowest BCUT2D eigenvalue weighted by atomic mass is 10.5. The largest absolute Gasteiger partial charge is 0.337 e. The molecule has 0 fully saturated rings. The van der Waals surface area contributed by atoms with Crippen LogP contribution in [0.15, 0.2) is 10.8 Å². The Morgan fingerprint density at radius 3 is 3.10 bits per heavy atom. The molecule has 0 aliphatic heterocycles. The first-order valence-corrected chi connectivity index (χ1v) is 3.89. The minimum atomic E-state index is 0.859. The molecule has 0 aromatic carbocycles. The van der Waals surface area contributed by atoms with E-state index in [0.717, 1.165) is 16.9 Å². The first-order valence-electron chi connectivity index (χ1n) is 2.95. The molecule has 0 saturated heterocycles. The Hall–Kier alpha value is -1.03. The number of thiophene rings is 1. The third kappa shape index (κ3) is 0.565. The molecule has 0 unspecified atom stereocenters. The SMILES string of the molecule is Cc1nc2cscc2n1N. The topological polar surface area (TPSA) is 43.8 Å². The summed E-state index contributed by atoms with van der Waals surface area (Å²) in [5, 5.41) is 3.99. The molecule has 0 aliphatic rings. The number of hydrogen-bond acceptors (Lipinski definition) is 3. The lowest BCUT2D eigenvalue weighted by Gasteiger charge is -1.91. The van der Waals surface area contributed by atoms with Crippen LogP contribution in [0.1, 0.15) is 5.82 Å². The highest BCUT2D eigenvalue weighted by molar-refractivity contribution is 7.09. The van der Waals surface area contributed by atoms with Crippen LogP contribution in [0.5, 0.6) is 0 Å². The van der Waals surface area contributed by atoms with Crippen molar-refractivity contribution in [2.75, 3.05) is 5.84 Å². The van der Waals surface area contributed by atoms with Crippen molar-refractivity contribution < 1.29 is 0 Å². The third-order valence-electron chi connectivity index (χ3n) is 1.51. The Balaban J connectivity index is 2.95. The Bertz CT molecular complexity index is 360. The average Bonchev–Trinajstić information content (AvgIpc) is 2.41. The van der Waals surface area contributed by atoms with Crippen LogP contribution in [-0.4, -0.2) is 9.66 Å². The van der Waals surface area contributed by atoms with Crippen LogP contribution < -0.4 is 5.84 Å². The van der Waals surface area contributed by atoms with Gasteiger partial charge in [0.2, 0.25) is 0 Å². The van der Waals surface area contributed by atoms with E-state index < -0.39 is 0 Å². The Morgan fingerprint density at radius 1 is 1.60 bits per heavy atom. The molecule has 2 heterocycles. The van der Waals surface area contributed by atoms with E-state index in [4.69, 9.17) is 5.84 Å². The van der Waals surface area contributed by atoms with Gasteiger partial charge < -0.3 is 5.84 Å². The minimum absolute atomic E-state index is 0.859. The van der Waals surface area contributed by atoms with Gasteiger partial charge >= 0.3 is 0 Å². The molecule has 3 nitrogen and oxygen atoms in total. The van der Waals surface area contributed by atoms with Crippen molar-refractivity contribution in [2.24, 2.45) is 0 Å². The van der Waals surface area contributed by atoms with Crippen molar-refractivity contribution in [1.29, 1.82) is 0 Å². The van der Waals surface area contributed by atoms with Crippen LogP contribution in [0.25, 0.3) is 11.0 Å². The first-order chi connectivity index (χ1) is 4.79. The van der Waals surface area contributed by atoms with E-state index in [9.17, 15) is 0 Å². The number of hydrogen-bond donors (Lipinski definition) is 1. The number of aryl methyl sites for hydroxylation is 1. The smallest absolute Gasteiger partial charge is 0.125 e. The van der Waals surface area contributed by atoms with Crippen LogP contribution in [0.3, 0.4) is 0 Å². The zero-order chi connectivity index (χ0) is 7.14. The van der Waals surface area contributed by atoms with Gasteiger partial charge in [-0.2, -0.15) is 0 Å². The highest BCUT2D eigenvalue weighted by atomic mass is 32.1. The van der Waals surface area contributed by atoms with Gasteiger partial charge in [-0.25, -0.2) is 9.66 Å². The molecule has 0 bridgehead atoms. The second-order valence-corrected chi connectivity index (χ2v) is 2.91. The third-order valence-corrected chi connectivity index (χ3v) is 2.23. The summed E-state index contributed by atoms with van der Waals surface area (Å²) in [7, 11) is 0. The monoisotopic (exact) mass is 153 g/mol. The van der Waals surface area contributed by atoms with Gasteiger partial charge in [0.25, 0.3) is 0 Å². The standard InChI is InChI=1S/C6H7N3S/c1-4-8-5-2-10-3-6(5)9(4)7/h2-3H,7H2,1H3. The maximum atomic E-state index is 5.64. The van der Waals surface area contributed by atoms with Crippen LogP contribution in [0, 0.1) is 6.92 Å². The Labute approximate surface area is 62.1 Å². The maximum Gasteiger partial charge on any atom is 0.125 e. The van der Waals surface area contributed by atoms with Crippen molar-refractivity contribution >= 4 is 22.4 Å². The average molecular weight is 153 g/mol. The molecule has 52 valence electrons. The fraction of sp³-hybridized carbons (Fsp3) is 0.167. The summed E-state index contributed by atoms with van der Waals surface area (Å²) in [6, 6.07) is 0. The number of rotatable bonds is 0. The van der Waals surface area contributed by atoms with Crippen molar-refractivity contribution in [3.05, 3.63) is 16.6 Å². The van der Waals surface area contributed by atoms with Crippen molar-refractivity contribution in [3.8, 4) is 0 Å². The second kappa shape index (κ2) is 1.73. The number of fused-ring (bicyclic) bond motifs is 1. The summed E-state index contributed by atoms with van der Waals surface area (Å²) in [5.41, 5.74) is 2.01. The van der Waals surface area contributed by atoms with Gasteiger partial charge in [0.1, 0.15) is 16.9 Å². The van der Waals surface area contributed by atoms with E-state index in [1.54, 1.807) is 16.0 Å². The van der Waals surface area contributed by atoms with Gasteiger partial charge in [-0.1, -0.05) is 0 Å². The van der Waals surface area contributed by atoms with Gasteiger partial charge in [0, 0.05) is 10.8 Å². The predicted molar refractivity (Wildman–Crippen MR) is 42.5 cm³/mol. The zero-order valence-corrected chi connectivity index (χ0v) is 6.35. The molecule has 2 N–H and O–H groups in total. The fourth-order valence-corrected chi connectivity index (χ4v) is 1.68. The van der Waals surface area contributed by atoms with Crippen molar-refractivity contribution in [2.45, 2.75) is 6.92 Å². The normalized spacial score (nSPS) is 10.9. The van der Waals surface area contributed by atoms with E-state index in [-0.39, 0.29) is 0 Å². The number of nitrogens with two attached hydrogens (primary N) is 1. The first kappa shape index (κ1) is 5.73. The van der Waals surface area contributed by atoms with Crippen LogP contribution in [0.2, 0.25) is 0 Å². The number of aromatic nitrogens is 2. The van der Waals surface area contributed by atoms with Gasteiger partial charge in [-0.05, 0) is 6.92 Å². The van der Waals surface area contributed by atoms with E-state index >= 15 is 0 Å². The lowest BCUT2D eigenvalue weighted by molar-refractivity contribution is 0.956. The Morgan fingerprint density at radius 2 is 2.40 bits per heavy atom. The van der Waals surface area contributed by atoms with E-state index in [0.29, 0.717) is 0 Å². The molecule has 0 spiro atoms. The lowest BCUT2D eigenvalue weighted by Crippen LogP contribution is -2.08. The van der Waals surface area contributed by atoms with Crippen molar-refractivity contribution in [1.82, 2.24) is 9.66 Å². The summed E-state index contributed by atoms with van der Waals surface area (Å²) < 4.78 is 1.60. The van der Waals surface area contributed by atoms with Gasteiger partial charge in [-0.3, -0.25) is 0 Å². The fourth-order valence-electron chi connectivity index (χ4n) is 0.950. The summed E-state index contributed by atoms with van der Waals surface area (Å²) >= 11 is 1.62. The predicted octanol–water partition coefficient (Wildman–Crippen LogP) is 1.12. The van der Waals surface area contributed by atoms with Crippen LogP contribution >= 0.6 is 11.3 Å². The number of imidazole rings is 1. The highest BCUT2D eigenvalue weighted by Gasteiger charge is 2.03. The number of nitrogen functional groups attached to an aromatic ring is 1. The zero-order valence-electron chi connectivity index (χ0n) is 5.53. The molecular formula is C6H7N3S. The van der Waals surface area contributed by atoms with E-state index in [1.165, 1.54) is 0 Å². The quantitative estimate of drug-likeness (QED) is 0.576.